The van der Waals surface area contributed by atoms with Crippen molar-refractivity contribution in [2.24, 2.45) is 17.6 Å². The number of nitrogens with zero attached hydrogens (tertiary/aromatic N) is 1. The average molecular weight is 246 g/mol. The molecule has 1 aliphatic heterocycles. The van der Waals surface area contributed by atoms with Crippen LogP contribution >= 0.6 is 0 Å². The normalized spacial score (nSPS) is 16.8. The molecule has 1 aliphatic rings. The summed E-state index contributed by atoms with van der Waals surface area (Å²) in [7, 11) is 0. The largest absolute Gasteiger partial charge is 0.371 e. The van der Waals surface area contributed by atoms with Crippen LogP contribution in [0.3, 0.4) is 0 Å². The Morgan fingerprint density at radius 1 is 1.28 bits per heavy atom. The smallest absolute Gasteiger partial charge is 0.0398 e. The van der Waals surface area contributed by atoms with Crippen LogP contribution in [0.4, 0.5) is 5.69 Å². The van der Waals surface area contributed by atoms with Gasteiger partial charge in [0.15, 0.2) is 0 Å². The Labute approximate surface area is 111 Å². The minimum atomic E-state index is 0.621. The molecule has 18 heavy (non-hydrogen) atoms. The van der Waals surface area contributed by atoms with Gasteiger partial charge >= 0.3 is 0 Å². The third-order valence-corrected chi connectivity index (χ3v) is 3.82. The van der Waals surface area contributed by atoms with Crippen molar-refractivity contribution in [1.82, 2.24) is 0 Å². The van der Waals surface area contributed by atoms with Crippen LogP contribution in [0.1, 0.15) is 32.3 Å². The van der Waals surface area contributed by atoms with Gasteiger partial charge in [-0.2, -0.15) is 0 Å². The zero-order chi connectivity index (χ0) is 13.0. The van der Waals surface area contributed by atoms with E-state index < -0.39 is 0 Å². The Bertz CT molecular complexity index is 373. The second-order valence-electron chi connectivity index (χ2n) is 5.91. The molecule has 0 bridgehead atoms. The number of anilines is 1. The molecule has 2 rings (SSSR count). The first-order valence-corrected chi connectivity index (χ1v) is 7.23. The molecule has 0 amide bonds. The SMILES string of the molecule is CC(C)CC(CN)CN1CCCc2ccccc21. The highest BCUT2D eigenvalue weighted by Gasteiger charge is 2.19. The molecule has 2 nitrogen and oxygen atoms in total. The van der Waals surface area contributed by atoms with Gasteiger partial charge in [-0.25, -0.2) is 0 Å². The second-order valence-corrected chi connectivity index (χ2v) is 5.91. The van der Waals surface area contributed by atoms with Crippen molar-refractivity contribution < 1.29 is 0 Å². The fourth-order valence-corrected chi connectivity index (χ4v) is 3.02. The Kier molecular flexibility index (Phi) is 4.65. The fourth-order valence-electron chi connectivity index (χ4n) is 3.02. The zero-order valence-electron chi connectivity index (χ0n) is 11.7. The van der Waals surface area contributed by atoms with Gasteiger partial charge in [0.25, 0.3) is 0 Å². The number of hydrogen-bond donors (Lipinski definition) is 1. The van der Waals surface area contributed by atoms with Crippen LogP contribution in [0, 0.1) is 11.8 Å². The number of fused-ring (bicyclic) bond motifs is 1. The third kappa shape index (κ3) is 3.26. The highest BCUT2D eigenvalue weighted by molar-refractivity contribution is 5.55. The predicted octanol–water partition coefficient (Wildman–Crippen LogP) is 3.06. The van der Waals surface area contributed by atoms with Crippen LogP contribution < -0.4 is 10.6 Å². The predicted molar refractivity (Wildman–Crippen MR) is 79.0 cm³/mol. The first-order valence-electron chi connectivity index (χ1n) is 7.23. The van der Waals surface area contributed by atoms with E-state index in [1.807, 2.05) is 0 Å². The Hall–Kier alpha value is -1.02. The summed E-state index contributed by atoms with van der Waals surface area (Å²) in [6.07, 6.45) is 3.73. The Morgan fingerprint density at radius 3 is 2.78 bits per heavy atom. The van der Waals surface area contributed by atoms with E-state index in [4.69, 9.17) is 5.73 Å². The molecule has 0 saturated carbocycles. The van der Waals surface area contributed by atoms with E-state index >= 15 is 0 Å². The Morgan fingerprint density at radius 2 is 2.06 bits per heavy atom. The first-order chi connectivity index (χ1) is 8.70. The fraction of sp³-hybridized carbons (Fsp3) is 0.625. The highest BCUT2D eigenvalue weighted by Crippen LogP contribution is 2.28. The molecule has 1 atom stereocenters. The standard InChI is InChI=1S/C16H26N2/c1-13(2)10-14(11-17)12-18-9-5-7-15-6-3-4-8-16(15)18/h3-4,6,8,13-14H,5,7,9-12,17H2,1-2H3. The van der Waals surface area contributed by atoms with Crippen LogP contribution in [-0.2, 0) is 6.42 Å². The number of hydrogen-bond acceptors (Lipinski definition) is 2. The van der Waals surface area contributed by atoms with Crippen LogP contribution in [-0.4, -0.2) is 19.6 Å². The quantitative estimate of drug-likeness (QED) is 0.865. The molecule has 0 aliphatic carbocycles. The van der Waals surface area contributed by atoms with Crippen LogP contribution in [0.2, 0.25) is 0 Å². The topological polar surface area (TPSA) is 29.3 Å². The molecule has 1 heterocycles. The molecule has 1 aromatic carbocycles. The summed E-state index contributed by atoms with van der Waals surface area (Å²) in [5.74, 6) is 1.36. The van der Waals surface area contributed by atoms with E-state index in [2.05, 4.69) is 43.0 Å². The highest BCUT2D eigenvalue weighted by atomic mass is 15.1. The van der Waals surface area contributed by atoms with Crippen molar-refractivity contribution >= 4 is 5.69 Å². The van der Waals surface area contributed by atoms with Crippen LogP contribution in [0.25, 0.3) is 0 Å². The molecule has 0 radical (unpaired) electrons. The molecule has 100 valence electrons. The summed E-state index contributed by atoms with van der Waals surface area (Å²) < 4.78 is 0. The zero-order valence-corrected chi connectivity index (χ0v) is 11.7. The van der Waals surface area contributed by atoms with Gasteiger partial charge in [-0.15, -0.1) is 0 Å². The maximum absolute atomic E-state index is 5.93. The molecule has 2 heteroatoms. The maximum atomic E-state index is 5.93. The summed E-state index contributed by atoms with van der Waals surface area (Å²) in [6, 6.07) is 8.83. The van der Waals surface area contributed by atoms with Gasteiger partial charge in [0, 0.05) is 18.8 Å². The molecule has 1 aromatic rings. The number of aryl methyl sites for hydroxylation is 1. The van der Waals surface area contributed by atoms with Crippen molar-refractivity contribution in [3.63, 3.8) is 0 Å². The molecule has 1 unspecified atom stereocenters. The van der Waals surface area contributed by atoms with Gasteiger partial charge < -0.3 is 10.6 Å². The number of para-hydroxylation sites is 1. The molecule has 0 aromatic heterocycles. The van der Waals surface area contributed by atoms with Gasteiger partial charge in [-0.05, 0) is 49.3 Å². The molecule has 2 N–H and O–H groups in total. The summed E-state index contributed by atoms with van der Waals surface area (Å²) in [5.41, 5.74) is 8.87. The van der Waals surface area contributed by atoms with E-state index in [0.29, 0.717) is 5.92 Å². The number of rotatable bonds is 5. The van der Waals surface area contributed by atoms with Gasteiger partial charge in [0.2, 0.25) is 0 Å². The lowest BCUT2D eigenvalue weighted by Crippen LogP contribution is -2.37. The lowest BCUT2D eigenvalue weighted by Gasteiger charge is -2.34. The van der Waals surface area contributed by atoms with E-state index in [1.165, 1.54) is 37.1 Å². The minimum Gasteiger partial charge on any atom is -0.371 e. The van der Waals surface area contributed by atoms with Crippen molar-refractivity contribution in [2.75, 3.05) is 24.5 Å². The van der Waals surface area contributed by atoms with Gasteiger partial charge in [0.1, 0.15) is 0 Å². The Balaban J connectivity index is 2.06. The lowest BCUT2D eigenvalue weighted by molar-refractivity contribution is 0.411. The maximum Gasteiger partial charge on any atom is 0.0398 e. The van der Waals surface area contributed by atoms with Crippen molar-refractivity contribution in [3.8, 4) is 0 Å². The number of nitrogens with two attached hydrogens (primary N) is 1. The third-order valence-electron chi connectivity index (χ3n) is 3.82. The van der Waals surface area contributed by atoms with Crippen molar-refractivity contribution in [1.29, 1.82) is 0 Å². The van der Waals surface area contributed by atoms with E-state index in [1.54, 1.807) is 0 Å². The number of benzene rings is 1. The average Bonchev–Trinajstić information content (AvgIpc) is 2.38. The van der Waals surface area contributed by atoms with Crippen molar-refractivity contribution in [2.45, 2.75) is 33.1 Å². The van der Waals surface area contributed by atoms with Gasteiger partial charge in [-0.3, -0.25) is 0 Å². The van der Waals surface area contributed by atoms with Crippen LogP contribution in [0.5, 0.6) is 0 Å². The molecular formula is C16H26N2. The molecule has 0 saturated heterocycles. The van der Waals surface area contributed by atoms with E-state index in [9.17, 15) is 0 Å². The summed E-state index contributed by atoms with van der Waals surface area (Å²) in [4.78, 5) is 2.54. The summed E-state index contributed by atoms with van der Waals surface area (Å²) in [6.45, 7) is 7.67. The first kappa shape index (κ1) is 13.4. The van der Waals surface area contributed by atoms with Crippen LogP contribution in [0.15, 0.2) is 24.3 Å². The van der Waals surface area contributed by atoms with Gasteiger partial charge in [-0.1, -0.05) is 32.0 Å². The lowest BCUT2D eigenvalue weighted by atomic mass is 9.94. The van der Waals surface area contributed by atoms with E-state index in [-0.39, 0.29) is 0 Å². The molecule has 0 fully saturated rings. The van der Waals surface area contributed by atoms with E-state index in [0.717, 1.165) is 19.0 Å². The molecule has 0 spiro atoms. The molecular weight excluding hydrogens is 220 g/mol. The second kappa shape index (κ2) is 6.24. The minimum absolute atomic E-state index is 0.621. The summed E-state index contributed by atoms with van der Waals surface area (Å²) >= 11 is 0. The monoisotopic (exact) mass is 246 g/mol. The van der Waals surface area contributed by atoms with Gasteiger partial charge in [0.05, 0.1) is 0 Å². The summed E-state index contributed by atoms with van der Waals surface area (Å²) in [5, 5.41) is 0. The van der Waals surface area contributed by atoms with Crippen molar-refractivity contribution in [3.05, 3.63) is 29.8 Å².